The predicted molar refractivity (Wildman–Crippen MR) is 55.6 cm³/mol. The molecule has 0 radical (unpaired) electrons. The molecular weight excluding hydrogens is 168 g/mol. The number of nitrogens with two attached hydrogens (primary N) is 1. The summed E-state index contributed by atoms with van der Waals surface area (Å²) in [5.41, 5.74) is 5.37. The zero-order valence-electron chi connectivity index (χ0n) is 9.03. The largest absolute Gasteiger partial charge is 0.396 e. The van der Waals surface area contributed by atoms with E-state index in [0.717, 1.165) is 19.4 Å². The molecule has 13 heavy (non-hydrogen) atoms. The van der Waals surface area contributed by atoms with Crippen LogP contribution in [0.5, 0.6) is 0 Å². The Morgan fingerprint density at radius 2 is 1.77 bits per heavy atom. The highest BCUT2D eigenvalue weighted by molar-refractivity contribution is 4.50. The maximum absolute atomic E-state index is 8.26. The molecule has 4 heteroatoms. The number of rotatable bonds is 5. The van der Waals surface area contributed by atoms with Crippen molar-refractivity contribution in [3.8, 4) is 0 Å². The summed E-state index contributed by atoms with van der Waals surface area (Å²) in [5, 5.41) is 16.5. The second-order valence-electron chi connectivity index (χ2n) is 3.37. The van der Waals surface area contributed by atoms with Gasteiger partial charge in [0, 0.05) is 19.2 Å². The topological polar surface area (TPSA) is 69.7 Å². The van der Waals surface area contributed by atoms with E-state index in [4.69, 9.17) is 15.9 Å². The Morgan fingerprint density at radius 3 is 1.85 bits per heavy atom. The minimum atomic E-state index is 0.243. The van der Waals surface area contributed by atoms with E-state index in [1.807, 2.05) is 25.9 Å². The van der Waals surface area contributed by atoms with Crippen LogP contribution in [-0.2, 0) is 0 Å². The average Bonchev–Trinajstić information content (AvgIpc) is 2.01. The van der Waals surface area contributed by atoms with Gasteiger partial charge < -0.3 is 20.8 Å². The number of aliphatic hydroxyl groups excluding tert-OH is 2. The number of hydrogen-bond acceptors (Lipinski definition) is 4. The molecule has 0 spiro atoms. The summed E-state index contributed by atoms with van der Waals surface area (Å²) < 4.78 is 0. The number of nitrogens with zero attached hydrogens (tertiary/aromatic N) is 1. The van der Waals surface area contributed by atoms with Crippen LogP contribution in [0.1, 0.15) is 19.8 Å². The molecule has 4 N–H and O–H groups in total. The molecule has 0 aromatic rings. The molecule has 0 aromatic heterocycles. The first-order chi connectivity index (χ1) is 6.04. The number of likely N-dealkylation sites (N-methyl/N-ethyl adjacent to an activating group) is 1. The fourth-order valence-corrected chi connectivity index (χ4v) is 0.613. The van der Waals surface area contributed by atoms with E-state index in [2.05, 4.69) is 0 Å². The molecule has 0 aliphatic heterocycles. The Morgan fingerprint density at radius 1 is 1.23 bits per heavy atom. The van der Waals surface area contributed by atoms with Crippen molar-refractivity contribution in [3.63, 3.8) is 0 Å². The van der Waals surface area contributed by atoms with Crippen molar-refractivity contribution >= 4 is 0 Å². The molecule has 0 aromatic carbocycles. The van der Waals surface area contributed by atoms with Gasteiger partial charge in [-0.05, 0) is 33.9 Å². The number of aliphatic hydroxyl groups is 2. The van der Waals surface area contributed by atoms with Crippen LogP contribution >= 0.6 is 0 Å². The summed E-state index contributed by atoms with van der Waals surface area (Å²) in [6.45, 7) is 3.23. The van der Waals surface area contributed by atoms with Crippen molar-refractivity contribution in [1.29, 1.82) is 0 Å². The van der Waals surface area contributed by atoms with E-state index in [9.17, 15) is 0 Å². The van der Waals surface area contributed by atoms with E-state index in [1.54, 1.807) is 0 Å². The summed E-state index contributed by atoms with van der Waals surface area (Å²) in [5.74, 6) is 0. The van der Waals surface area contributed by atoms with Crippen LogP contribution in [0.2, 0.25) is 0 Å². The van der Waals surface area contributed by atoms with E-state index >= 15 is 0 Å². The van der Waals surface area contributed by atoms with E-state index in [-0.39, 0.29) is 19.3 Å². The average molecular weight is 192 g/mol. The lowest BCUT2D eigenvalue weighted by Gasteiger charge is -2.03. The third kappa shape index (κ3) is 24.5. The van der Waals surface area contributed by atoms with Crippen molar-refractivity contribution in [2.24, 2.45) is 5.73 Å². The molecule has 0 saturated carbocycles. The smallest absolute Gasteiger partial charge is 0.0558 e. The van der Waals surface area contributed by atoms with E-state index < -0.39 is 0 Å². The Balaban J connectivity index is 0. The zero-order valence-corrected chi connectivity index (χ0v) is 9.03. The molecule has 1 atom stereocenters. The molecule has 0 fully saturated rings. The molecular formula is C9H24N2O2. The number of hydrogen-bond donors (Lipinski definition) is 3. The van der Waals surface area contributed by atoms with Crippen LogP contribution in [0.15, 0.2) is 0 Å². The molecule has 82 valence electrons. The normalized spacial score (nSPS) is 12.2. The highest BCUT2D eigenvalue weighted by atomic mass is 16.3. The Labute approximate surface area is 81.4 Å². The zero-order chi connectivity index (χ0) is 10.7. The molecule has 0 bridgehead atoms. The van der Waals surface area contributed by atoms with Crippen LogP contribution in [0, 0.1) is 0 Å². The van der Waals surface area contributed by atoms with Crippen LogP contribution < -0.4 is 5.73 Å². The van der Waals surface area contributed by atoms with Gasteiger partial charge in [0.1, 0.15) is 0 Å². The van der Waals surface area contributed by atoms with Crippen molar-refractivity contribution < 1.29 is 10.2 Å². The first-order valence-corrected chi connectivity index (χ1v) is 4.66. The summed E-state index contributed by atoms with van der Waals surface area (Å²) in [7, 11) is 3.85. The Kier molecular flexibility index (Phi) is 14.0. The summed E-state index contributed by atoms with van der Waals surface area (Å²) >= 11 is 0. The van der Waals surface area contributed by atoms with E-state index in [0.29, 0.717) is 0 Å². The summed E-state index contributed by atoms with van der Waals surface area (Å²) in [4.78, 5) is 1.93. The summed E-state index contributed by atoms with van der Waals surface area (Å²) in [6, 6.07) is 0.243. The molecule has 4 nitrogen and oxygen atoms in total. The lowest BCUT2D eigenvalue weighted by molar-refractivity contribution is 0.243. The maximum atomic E-state index is 8.26. The highest BCUT2D eigenvalue weighted by Gasteiger charge is 1.89. The van der Waals surface area contributed by atoms with Crippen LogP contribution in [-0.4, -0.2) is 55.0 Å². The molecule has 1 unspecified atom stereocenters. The van der Waals surface area contributed by atoms with Crippen molar-refractivity contribution in [1.82, 2.24) is 4.90 Å². The van der Waals surface area contributed by atoms with Gasteiger partial charge in [0.25, 0.3) is 0 Å². The first-order valence-electron chi connectivity index (χ1n) is 4.66. The van der Waals surface area contributed by atoms with Gasteiger partial charge in [-0.3, -0.25) is 0 Å². The standard InChI is InChI=1S/C5H13NO.C4H11NO/c1-5(6)3-2-4-7;1-5(2)3-4-6/h5,7H,2-4,6H2,1H3;6H,3-4H2,1-2H3. The molecule has 0 rings (SSSR count). The van der Waals surface area contributed by atoms with E-state index in [1.165, 1.54) is 0 Å². The maximum Gasteiger partial charge on any atom is 0.0558 e. The van der Waals surface area contributed by atoms with Crippen molar-refractivity contribution in [2.45, 2.75) is 25.8 Å². The minimum Gasteiger partial charge on any atom is -0.396 e. The van der Waals surface area contributed by atoms with Gasteiger partial charge in [-0.1, -0.05) is 0 Å². The first kappa shape index (κ1) is 15.3. The third-order valence-electron chi connectivity index (χ3n) is 1.36. The predicted octanol–water partition coefficient (Wildman–Crippen LogP) is -0.354. The molecule has 0 aliphatic carbocycles. The van der Waals surface area contributed by atoms with Gasteiger partial charge in [-0.2, -0.15) is 0 Å². The van der Waals surface area contributed by atoms with Crippen molar-refractivity contribution in [3.05, 3.63) is 0 Å². The van der Waals surface area contributed by atoms with Crippen LogP contribution in [0.25, 0.3) is 0 Å². The lowest BCUT2D eigenvalue weighted by atomic mass is 10.2. The van der Waals surface area contributed by atoms with Gasteiger partial charge in [-0.25, -0.2) is 0 Å². The minimum absolute atomic E-state index is 0.243. The molecule has 0 amide bonds. The second-order valence-corrected chi connectivity index (χ2v) is 3.37. The van der Waals surface area contributed by atoms with Crippen LogP contribution in [0.3, 0.4) is 0 Å². The molecule has 0 aliphatic rings. The summed E-state index contributed by atoms with van der Waals surface area (Å²) in [6.07, 6.45) is 1.76. The van der Waals surface area contributed by atoms with Crippen molar-refractivity contribution in [2.75, 3.05) is 33.9 Å². The van der Waals surface area contributed by atoms with Gasteiger partial charge in [0.2, 0.25) is 0 Å². The van der Waals surface area contributed by atoms with Gasteiger partial charge in [0.15, 0.2) is 0 Å². The molecule has 0 saturated heterocycles. The molecule has 0 heterocycles. The fraction of sp³-hybridized carbons (Fsp3) is 1.00. The van der Waals surface area contributed by atoms with Crippen LogP contribution in [0.4, 0.5) is 0 Å². The van der Waals surface area contributed by atoms with Gasteiger partial charge in [-0.15, -0.1) is 0 Å². The highest BCUT2D eigenvalue weighted by Crippen LogP contribution is 1.89. The fourth-order valence-electron chi connectivity index (χ4n) is 0.613. The quantitative estimate of drug-likeness (QED) is 0.557. The lowest BCUT2D eigenvalue weighted by Crippen LogP contribution is -2.15. The van der Waals surface area contributed by atoms with Gasteiger partial charge >= 0.3 is 0 Å². The second kappa shape index (κ2) is 11.8. The monoisotopic (exact) mass is 192 g/mol. The van der Waals surface area contributed by atoms with Gasteiger partial charge in [0.05, 0.1) is 6.61 Å². The third-order valence-corrected chi connectivity index (χ3v) is 1.36. The SMILES string of the molecule is CC(N)CCCO.CN(C)CCO. The Hall–Kier alpha value is -0.160. The Bertz CT molecular complexity index is 87.7.